The molecule has 0 aromatic heterocycles. The van der Waals surface area contributed by atoms with Gasteiger partial charge in [-0.05, 0) is 0 Å². The fourth-order valence-corrected chi connectivity index (χ4v) is 1.38. The summed E-state index contributed by atoms with van der Waals surface area (Å²) in [6, 6.07) is 0. The molecule has 1 heterocycles. The lowest BCUT2D eigenvalue weighted by Gasteiger charge is -2.27. The Hall–Kier alpha value is -0.940. The van der Waals surface area contributed by atoms with Crippen LogP contribution in [0.2, 0.25) is 0 Å². The molecule has 14 heavy (non-hydrogen) atoms. The number of carbonyl (C=O) groups excluding carboxylic acids is 2. The first-order valence-electron chi connectivity index (χ1n) is 4.53. The van der Waals surface area contributed by atoms with E-state index in [2.05, 4.69) is 0 Å². The second-order valence-electron chi connectivity index (χ2n) is 3.31. The van der Waals surface area contributed by atoms with E-state index < -0.39 is 18.2 Å². The lowest BCUT2D eigenvalue weighted by molar-refractivity contribution is -0.156. The second kappa shape index (κ2) is 5.07. The first-order valence-corrected chi connectivity index (χ1v) is 4.53. The summed E-state index contributed by atoms with van der Waals surface area (Å²) < 4.78 is 10.0. The molecule has 0 aromatic rings. The summed E-state index contributed by atoms with van der Waals surface area (Å²) in [5.41, 5.74) is 0. The predicted molar refractivity (Wildman–Crippen MR) is 46.6 cm³/mol. The number of hydrogen-bond donors (Lipinski definition) is 1. The van der Waals surface area contributed by atoms with Crippen molar-refractivity contribution in [2.24, 2.45) is 0 Å². The van der Waals surface area contributed by atoms with Crippen molar-refractivity contribution < 1.29 is 24.2 Å². The Morgan fingerprint density at radius 3 is 2.79 bits per heavy atom. The Morgan fingerprint density at radius 2 is 2.21 bits per heavy atom. The van der Waals surface area contributed by atoms with Gasteiger partial charge in [0.1, 0.15) is 12.4 Å². The monoisotopic (exact) mass is 202 g/mol. The van der Waals surface area contributed by atoms with Gasteiger partial charge in [-0.15, -0.1) is 0 Å². The molecule has 1 aliphatic rings. The zero-order chi connectivity index (χ0) is 10.6. The number of aliphatic hydroxyl groups excluding tert-OH is 1. The summed E-state index contributed by atoms with van der Waals surface area (Å²) in [7, 11) is 0. The minimum Gasteiger partial charge on any atom is -0.463 e. The number of hydrogen-bond acceptors (Lipinski definition) is 5. The fourth-order valence-electron chi connectivity index (χ4n) is 1.38. The number of ether oxygens (including phenoxy) is 2. The summed E-state index contributed by atoms with van der Waals surface area (Å²) in [6.07, 6.45) is -0.356. The Labute approximate surface area is 82.0 Å². The molecular weight excluding hydrogens is 188 g/mol. The lowest BCUT2D eigenvalue weighted by Crippen LogP contribution is -2.38. The Bertz CT molecular complexity index is 225. The molecule has 0 unspecified atom stereocenters. The lowest BCUT2D eigenvalue weighted by atomic mass is 10.0. The maximum atomic E-state index is 11.2. The number of esters is 1. The van der Waals surface area contributed by atoms with Crippen molar-refractivity contribution in [1.29, 1.82) is 0 Å². The first kappa shape index (κ1) is 11.1. The third-order valence-electron chi connectivity index (χ3n) is 1.97. The van der Waals surface area contributed by atoms with E-state index in [0.29, 0.717) is 0 Å². The van der Waals surface area contributed by atoms with Crippen LogP contribution in [0.5, 0.6) is 0 Å². The second-order valence-corrected chi connectivity index (χ2v) is 3.31. The van der Waals surface area contributed by atoms with Crippen LogP contribution < -0.4 is 0 Å². The van der Waals surface area contributed by atoms with Gasteiger partial charge in [0.05, 0.1) is 18.8 Å². The summed E-state index contributed by atoms with van der Waals surface area (Å²) in [5, 5.41) is 8.82. The van der Waals surface area contributed by atoms with E-state index in [0.717, 1.165) is 0 Å². The third-order valence-corrected chi connectivity index (χ3v) is 1.97. The van der Waals surface area contributed by atoms with Gasteiger partial charge in [-0.3, -0.25) is 9.59 Å². The number of Topliss-reactive ketones (excluding diaryl/α,β-unsaturated/α-hetero) is 1. The zero-order valence-corrected chi connectivity index (χ0v) is 8.06. The van der Waals surface area contributed by atoms with E-state index in [1.54, 1.807) is 0 Å². The van der Waals surface area contributed by atoms with Crippen LogP contribution in [-0.2, 0) is 19.1 Å². The third kappa shape index (κ3) is 3.43. The highest BCUT2D eigenvalue weighted by Gasteiger charge is 2.27. The number of aliphatic hydroxyl groups is 1. The average molecular weight is 202 g/mol. The summed E-state index contributed by atoms with van der Waals surface area (Å²) >= 11 is 0. The van der Waals surface area contributed by atoms with Crippen molar-refractivity contribution in [1.82, 2.24) is 0 Å². The molecule has 0 spiro atoms. The van der Waals surface area contributed by atoms with Crippen LogP contribution in [0.3, 0.4) is 0 Å². The predicted octanol–water partition coefficient (Wildman–Crippen LogP) is -0.342. The molecule has 0 aromatic carbocycles. The van der Waals surface area contributed by atoms with Gasteiger partial charge < -0.3 is 14.6 Å². The molecule has 0 amide bonds. The zero-order valence-electron chi connectivity index (χ0n) is 8.06. The van der Waals surface area contributed by atoms with Crippen LogP contribution in [0.1, 0.15) is 19.8 Å². The molecular formula is C9H14O5. The van der Waals surface area contributed by atoms with Crippen LogP contribution in [0.4, 0.5) is 0 Å². The topological polar surface area (TPSA) is 72.8 Å². The van der Waals surface area contributed by atoms with Gasteiger partial charge in [-0.1, -0.05) is 0 Å². The van der Waals surface area contributed by atoms with Crippen molar-refractivity contribution in [2.45, 2.75) is 32.0 Å². The Kier molecular flexibility index (Phi) is 4.03. The number of ketones is 1. The van der Waals surface area contributed by atoms with Crippen LogP contribution in [0.15, 0.2) is 0 Å². The van der Waals surface area contributed by atoms with E-state index in [1.807, 2.05) is 0 Å². The first-order chi connectivity index (χ1) is 6.61. The largest absolute Gasteiger partial charge is 0.463 e. The molecule has 2 atom stereocenters. The molecule has 0 bridgehead atoms. The minimum absolute atomic E-state index is 0.0347. The van der Waals surface area contributed by atoms with Gasteiger partial charge >= 0.3 is 5.97 Å². The van der Waals surface area contributed by atoms with E-state index >= 15 is 0 Å². The van der Waals surface area contributed by atoms with Gasteiger partial charge in [0.25, 0.3) is 0 Å². The van der Waals surface area contributed by atoms with E-state index in [9.17, 15) is 9.59 Å². The molecule has 1 aliphatic heterocycles. The smallest absolute Gasteiger partial charge is 0.302 e. The van der Waals surface area contributed by atoms with Gasteiger partial charge in [-0.25, -0.2) is 0 Å². The van der Waals surface area contributed by atoms with Crippen molar-refractivity contribution >= 4 is 11.8 Å². The van der Waals surface area contributed by atoms with Gasteiger partial charge in [0, 0.05) is 19.8 Å². The SMILES string of the molecule is CC(=O)OC[C@H]1CC(=O)C[C@@H](CO)O1. The van der Waals surface area contributed by atoms with Crippen molar-refractivity contribution in [3.05, 3.63) is 0 Å². The normalized spacial score (nSPS) is 27.4. The number of carbonyl (C=O) groups is 2. The number of rotatable bonds is 3. The maximum Gasteiger partial charge on any atom is 0.302 e. The minimum atomic E-state index is -0.447. The quantitative estimate of drug-likeness (QED) is 0.634. The summed E-state index contributed by atoms with van der Waals surface area (Å²) in [5.74, 6) is -0.361. The Balaban J connectivity index is 2.37. The summed E-state index contributed by atoms with van der Waals surface area (Å²) in [4.78, 5) is 21.7. The average Bonchev–Trinajstić information content (AvgIpc) is 2.14. The van der Waals surface area contributed by atoms with Crippen LogP contribution in [-0.4, -0.2) is 42.3 Å². The fraction of sp³-hybridized carbons (Fsp3) is 0.778. The van der Waals surface area contributed by atoms with Crippen LogP contribution >= 0.6 is 0 Å². The molecule has 1 fully saturated rings. The Morgan fingerprint density at radius 1 is 1.57 bits per heavy atom. The molecule has 5 nitrogen and oxygen atoms in total. The highest BCUT2D eigenvalue weighted by atomic mass is 16.6. The van der Waals surface area contributed by atoms with Crippen molar-refractivity contribution in [2.75, 3.05) is 13.2 Å². The molecule has 5 heteroatoms. The molecule has 1 saturated heterocycles. The molecule has 0 aliphatic carbocycles. The highest BCUT2D eigenvalue weighted by molar-refractivity contribution is 5.80. The van der Waals surface area contributed by atoms with Crippen LogP contribution in [0, 0.1) is 0 Å². The molecule has 0 saturated carbocycles. The highest BCUT2D eigenvalue weighted by Crippen LogP contribution is 2.16. The van der Waals surface area contributed by atoms with Crippen molar-refractivity contribution in [3.63, 3.8) is 0 Å². The maximum absolute atomic E-state index is 11.2. The van der Waals surface area contributed by atoms with E-state index in [1.165, 1.54) is 6.92 Å². The summed E-state index contributed by atoms with van der Waals surface area (Å²) in [6.45, 7) is 1.20. The van der Waals surface area contributed by atoms with E-state index in [-0.39, 0.29) is 31.8 Å². The standard InChI is InChI=1S/C9H14O5/c1-6(11)13-5-9-3-7(12)2-8(4-10)14-9/h8-10H,2-5H2,1H3/t8-,9+/m0/s1. The molecule has 1 N–H and O–H groups in total. The van der Waals surface area contributed by atoms with Gasteiger partial charge in [-0.2, -0.15) is 0 Å². The molecule has 80 valence electrons. The van der Waals surface area contributed by atoms with Gasteiger partial charge in [0.15, 0.2) is 0 Å². The molecule has 0 radical (unpaired) electrons. The van der Waals surface area contributed by atoms with Gasteiger partial charge in [0.2, 0.25) is 0 Å². The molecule has 1 rings (SSSR count). The van der Waals surface area contributed by atoms with Crippen LogP contribution in [0.25, 0.3) is 0 Å². The van der Waals surface area contributed by atoms with E-state index in [4.69, 9.17) is 14.6 Å². The van der Waals surface area contributed by atoms with Crippen molar-refractivity contribution in [3.8, 4) is 0 Å².